The van der Waals surface area contributed by atoms with Gasteiger partial charge in [-0.2, -0.15) is 0 Å². The molecule has 0 heterocycles. The predicted octanol–water partition coefficient (Wildman–Crippen LogP) is 0.361. The molecular formula is C10H15N3O4S. The van der Waals surface area contributed by atoms with Crippen molar-refractivity contribution in [2.75, 3.05) is 6.54 Å². The molecule has 0 aliphatic heterocycles. The smallest absolute Gasteiger partial charge is 0.273 e. The third kappa shape index (κ3) is 4.06. The highest BCUT2D eigenvalue weighted by atomic mass is 32.2. The van der Waals surface area contributed by atoms with Gasteiger partial charge in [0, 0.05) is 24.2 Å². The lowest BCUT2D eigenvalue weighted by Crippen LogP contribution is -2.38. The minimum absolute atomic E-state index is 0.152. The van der Waals surface area contributed by atoms with Gasteiger partial charge in [0.2, 0.25) is 10.0 Å². The number of nitrogens with two attached hydrogens (primary N) is 1. The van der Waals surface area contributed by atoms with Crippen LogP contribution in [-0.4, -0.2) is 25.9 Å². The number of nitrogens with one attached hydrogen (secondary N) is 1. The zero-order valence-electron chi connectivity index (χ0n) is 9.87. The number of hydrogen-bond acceptors (Lipinski definition) is 5. The molecule has 0 saturated carbocycles. The highest BCUT2D eigenvalue weighted by Crippen LogP contribution is 2.19. The summed E-state index contributed by atoms with van der Waals surface area (Å²) < 4.78 is 25.9. The van der Waals surface area contributed by atoms with Gasteiger partial charge in [-0.3, -0.25) is 10.1 Å². The van der Waals surface area contributed by atoms with Crippen LogP contribution in [0.1, 0.15) is 12.5 Å². The van der Waals surface area contributed by atoms with Gasteiger partial charge in [-0.1, -0.05) is 18.2 Å². The van der Waals surface area contributed by atoms with Crippen LogP contribution in [0.15, 0.2) is 24.3 Å². The van der Waals surface area contributed by atoms with Gasteiger partial charge in [0.25, 0.3) is 5.69 Å². The Labute approximate surface area is 105 Å². The Hall–Kier alpha value is -1.51. The van der Waals surface area contributed by atoms with Gasteiger partial charge in [0.1, 0.15) is 0 Å². The summed E-state index contributed by atoms with van der Waals surface area (Å²) in [6.45, 7) is 1.78. The van der Waals surface area contributed by atoms with E-state index in [2.05, 4.69) is 4.72 Å². The van der Waals surface area contributed by atoms with Gasteiger partial charge in [-0.15, -0.1) is 0 Å². The van der Waals surface area contributed by atoms with E-state index in [4.69, 9.17) is 5.73 Å². The van der Waals surface area contributed by atoms with Crippen LogP contribution in [-0.2, 0) is 15.8 Å². The second-order valence-corrected chi connectivity index (χ2v) is 5.65. The Morgan fingerprint density at radius 2 is 2.06 bits per heavy atom. The van der Waals surface area contributed by atoms with Gasteiger partial charge in [-0.25, -0.2) is 13.1 Å². The molecular weight excluding hydrogens is 258 g/mol. The number of nitrogens with zero attached hydrogens (tertiary/aromatic N) is 1. The van der Waals surface area contributed by atoms with Crippen molar-refractivity contribution in [2.24, 2.45) is 5.73 Å². The molecule has 1 rings (SSSR count). The molecule has 0 saturated heterocycles. The first-order valence-corrected chi connectivity index (χ1v) is 6.93. The third-order valence-electron chi connectivity index (χ3n) is 2.27. The van der Waals surface area contributed by atoms with Crippen molar-refractivity contribution >= 4 is 15.7 Å². The van der Waals surface area contributed by atoms with Crippen molar-refractivity contribution in [2.45, 2.75) is 18.7 Å². The van der Waals surface area contributed by atoms with E-state index in [9.17, 15) is 18.5 Å². The minimum atomic E-state index is -3.64. The molecule has 0 spiro atoms. The Balaban J connectivity index is 2.94. The molecule has 18 heavy (non-hydrogen) atoms. The van der Waals surface area contributed by atoms with Gasteiger partial charge < -0.3 is 5.73 Å². The van der Waals surface area contributed by atoms with Gasteiger partial charge in [-0.05, 0) is 6.92 Å². The van der Waals surface area contributed by atoms with E-state index in [0.717, 1.165) is 0 Å². The lowest BCUT2D eigenvalue weighted by atomic mass is 10.2. The summed E-state index contributed by atoms with van der Waals surface area (Å²) in [6, 6.07) is 5.34. The maximum Gasteiger partial charge on any atom is 0.273 e. The van der Waals surface area contributed by atoms with Gasteiger partial charge >= 0.3 is 0 Å². The lowest BCUT2D eigenvalue weighted by molar-refractivity contribution is -0.385. The molecule has 7 nitrogen and oxygen atoms in total. The average Bonchev–Trinajstić information content (AvgIpc) is 2.28. The average molecular weight is 273 g/mol. The van der Waals surface area contributed by atoms with Crippen LogP contribution >= 0.6 is 0 Å². The standard InChI is InChI=1S/C10H15N3O4S/c1-8(6-11)12-18(16,17)7-9-4-2-3-5-10(9)13(14)15/h2-5,8,12H,6-7,11H2,1H3. The van der Waals surface area contributed by atoms with E-state index in [1.54, 1.807) is 13.0 Å². The Bertz CT molecular complexity index is 530. The molecule has 0 amide bonds. The highest BCUT2D eigenvalue weighted by Gasteiger charge is 2.20. The molecule has 100 valence electrons. The molecule has 0 aromatic heterocycles. The van der Waals surface area contributed by atoms with E-state index in [1.807, 2.05) is 0 Å². The Morgan fingerprint density at radius 1 is 1.44 bits per heavy atom. The van der Waals surface area contributed by atoms with Crippen molar-refractivity contribution < 1.29 is 13.3 Å². The largest absolute Gasteiger partial charge is 0.329 e. The van der Waals surface area contributed by atoms with Crippen molar-refractivity contribution in [3.8, 4) is 0 Å². The third-order valence-corrected chi connectivity index (χ3v) is 3.72. The zero-order valence-corrected chi connectivity index (χ0v) is 10.7. The number of para-hydroxylation sites is 1. The van der Waals surface area contributed by atoms with E-state index >= 15 is 0 Å². The quantitative estimate of drug-likeness (QED) is 0.573. The van der Waals surface area contributed by atoms with E-state index in [-0.39, 0.29) is 17.8 Å². The first kappa shape index (κ1) is 14.6. The van der Waals surface area contributed by atoms with Crippen LogP contribution in [0.4, 0.5) is 5.69 Å². The SMILES string of the molecule is CC(CN)NS(=O)(=O)Cc1ccccc1[N+](=O)[O-]. The molecule has 0 aliphatic carbocycles. The molecule has 3 N–H and O–H groups in total. The maximum atomic E-state index is 11.8. The van der Waals surface area contributed by atoms with Gasteiger partial charge in [0.15, 0.2) is 0 Å². The monoisotopic (exact) mass is 273 g/mol. The molecule has 1 aromatic rings. The number of nitro benzene ring substituents is 1. The van der Waals surface area contributed by atoms with E-state index in [1.165, 1.54) is 18.2 Å². The number of rotatable bonds is 6. The summed E-state index contributed by atoms with van der Waals surface area (Å²) in [7, 11) is -3.64. The summed E-state index contributed by atoms with van der Waals surface area (Å²) in [6.07, 6.45) is 0. The van der Waals surface area contributed by atoms with Crippen LogP contribution in [0.2, 0.25) is 0 Å². The highest BCUT2D eigenvalue weighted by molar-refractivity contribution is 7.88. The van der Waals surface area contributed by atoms with Crippen LogP contribution in [0.25, 0.3) is 0 Å². The molecule has 0 bridgehead atoms. The molecule has 0 radical (unpaired) electrons. The number of sulfonamides is 1. The fraction of sp³-hybridized carbons (Fsp3) is 0.400. The summed E-state index contributed by atoms with van der Waals surface area (Å²) >= 11 is 0. The van der Waals surface area contributed by atoms with E-state index < -0.39 is 26.7 Å². The Kier molecular flexibility index (Phi) is 4.76. The van der Waals surface area contributed by atoms with Crippen LogP contribution in [0, 0.1) is 10.1 Å². The van der Waals surface area contributed by atoms with Crippen LogP contribution in [0.3, 0.4) is 0 Å². The first-order valence-electron chi connectivity index (χ1n) is 5.28. The molecule has 1 atom stereocenters. The summed E-state index contributed by atoms with van der Waals surface area (Å²) in [4.78, 5) is 10.2. The van der Waals surface area contributed by atoms with Crippen molar-refractivity contribution in [3.63, 3.8) is 0 Å². The first-order chi connectivity index (χ1) is 8.35. The number of nitro groups is 1. The topological polar surface area (TPSA) is 115 Å². The van der Waals surface area contributed by atoms with Crippen molar-refractivity contribution in [1.82, 2.24) is 4.72 Å². The van der Waals surface area contributed by atoms with Crippen molar-refractivity contribution in [3.05, 3.63) is 39.9 Å². The summed E-state index contributed by atoms with van der Waals surface area (Å²) in [5.41, 5.74) is 5.26. The Morgan fingerprint density at radius 3 is 2.61 bits per heavy atom. The molecule has 1 unspecified atom stereocenters. The zero-order chi connectivity index (χ0) is 13.8. The molecule has 8 heteroatoms. The second kappa shape index (κ2) is 5.89. The summed E-state index contributed by atoms with van der Waals surface area (Å²) in [5, 5.41) is 10.8. The van der Waals surface area contributed by atoms with Gasteiger partial charge in [0.05, 0.1) is 10.7 Å². The van der Waals surface area contributed by atoms with E-state index in [0.29, 0.717) is 0 Å². The van der Waals surface area contributed by atoms with Crippen molar-refractivity contribution in [1.29, 1.82) is 0 Å². The molecule has 0 aliphatic rings. The fourth-order valence-electron chi connectivity index (χ4n) is 1.41. The number of benzene rings is 1. The molecule has 1 aromatic carbocycles. The normalized spacial score (nSPS) is 13.2. The second-order valence-electron chi connectivity index (χ2n) is 3.90. The minimum Gasteiger partial charge on any atom is -0.329 e. The summed E-state index contributed by atoms with van der Waals surface area (Å²) in [5.74, 6) is -0.436. The fourth-order valence-corrected chi connectivity index (χ4v) is 2.86. The van der Waals surface area contributed by atoms with Crippen LogP contribution < -0.4 is 10.5 Å². The predicted molar refractivity (Wildman–Crippen MR) is 67.4 cm³/mol. The number of hydrogen-bond donors (Lipinski definition) is 2. The lowest BCUT2D eigenvalue weighted by Gasteiger charge is -2.11. The maximum absolute atomic E-state index is 11.8. The van der Waals surface area contributed by atoms with Crippen LogP contribution in [0.5, 0.6) is 0 Å². The molecule has 0 fully saturated rings.